The van der Waals surface area contributed by atoms with Crippen LogP contribution in [0.2, 0.25) is 0 Å². The van der Waals surface area contributed by atoms with Gasteiger partial charge in [0.2, 0.25) is 5.91 Å². The van der Waals surface area contributed by atoms with Crippen molar-refractivity contribution in [2.24, 2.45) is 0 Å². The number of rotatable bonds is 6. The van der Waals surface area contributed by atoms with Crippen molar-refractivity contribution in [3.63, 3.8) is 0 Å². The normalized spacial score (nSPS) is 11.0. The van der Waals surface area contributed by atoms with E-state index in [2.05, 4.69) is 20.4 Å². The van der Waals surface area contributed by atoms with Gasteiger partial charge in [-0.1, -0.05) is 23.9 Å². The molecular formula is C21H16F3N3O3S. The molecule has 0 bridgehead atoms. The number of hydrogen-bond donors (Lipinski definition) is 2. The Morgan fingerprint density at radius 2 is 1.68 bits per heavy atom. The molecule has 0 aliphatic carbocycles. The number of hydrogen-bond acceptors (Lipinski definition) is 5. The second kappa shape index (κ2) is 9.52. The molecule has 0 aliphatic heterocycles. The molecule has 1 heterocycles. The fourth-order valence-corrected chi connectivity index (χ4v) is 3.42. The fraction of sp³-hybridized carbons (Fsp3) is 0.0952. The monoisotopic (exact) mass is 447 g/mol. The maximum Gasteiger partial charge on any atom is 0.573 e. The Bertz CT molecular complexity index is 1070. The van der Waals surface area contributed by atoms with Crippen molar-refractivity contribution in [3.8, 4) is 5.75 Å². The van der Waals surface area contributed by atoms with Gasteiger partial charge in [0.05, 0.1) is 5.56 Å². The SMILES string of the molecule is CC(=O)Nc1ccc(Sc2ccccc2C(=O)Nc2ccc(OC(F)(F)F)cc2)cn1. The van der Waals surface area contributed by atoms with E-state index in [4.69, 9.17) is 0 Å². The van der Waals surface area contributed by atoms with Crippen LogP contribution in [0.3, 0.4) is 0 Å². The van der Waals surface area contributed by atoms with E-state index < -0.39 is 12.3 Å². The molecule has 3 aromatic rings. The lowest BCUT2D eigenvalue weighted by atomic mass is 10.2. The van der Waals surface area contributed by atoms with E-state index in [-0.39, 0.29) is 11.7 Å². The molecule has 160 valence electrons. The Balaban J connectivity index is 1.70. The highest BCUT2D eigenvalue weighted by Gasteiger charge is 2.31. The summed E-state index contributed by atoms with van der Waals surface area (Å²) in [6.45, 7) is 1.39. The standard InChI is InChI=1S/C21H16F3N3O3S/c1-13(28)26-19-11-10-16(12-25-19)31-18-5-3-2-4-17(18)20(29)27-14-6-8-15(9-7-14)30-21(22,23)24/h2-12H,1H3,(H,27,29)(H,25,26,28). The van der Waals surface area contributed by atoms with E-state index in [1.165, 1.54) is 30.8 Å². The number of pyridine rings is 1. The Kier molecular flexibility index (Phi) is 6.81. The lowest BCUT2D eigenvalue weighted by Gasteiger charge is -2.12. The number of anilines is 2. The minimum atomic E-state index is -4.78. The zero-order valence-corrected chi connectivity index (χ0v) is 16.9. The summed E-state index contributed by atoms with van der Waals surface area (Å²) in [4.78, 5) is 29.4. The quantitative estimate of drug-likeness (QED) is 0.533. The molecule has 0 spiro atoms. The summed E-state index contributed by atoms with van der Waals surface area (Å²) in [5.74, 6) is -0.610. The van der Waals surface area contributed by atoms with Gasteiger partial charge in [0.15, 0.2) is 0 Å². The molecule has 2 N–H and O–H groups in total. The van der Waals surface area contributed by atoms with E-state index in [9.17, 15) is 22.8 Å². The molecule has 0 unspecified atom stereocenters. The van der Waals surface area contributed by atoms with Gasteiger partial charge in [-0.05, 0) is 48.5 Å². The number of alkyl halides is 3. The summed E-state index contributed by atoms with van der Waals surface area (Å²) in [6, 6.07) is 15.2. The van der Waals surface area contributed by atoms with Crippen LogP contribution in [0.4, 0.5) is 24.7 Å². The highest BCUT2D eigenvalue weighted by Crippen LogP contribution is 2.31. The maximum absolute atomic E-state index is 12.7. The summed E-state index contributed by atoms with van der Waals surface area (Å²) in [5.41, 5.74) is 0.703. The van der Waals surface area contributed by atoms with E-state index in [0.29, 0.717) is 22.0 Å². The Morgan fingerprint density at radius 3 is 2.29 bits per heavy atom. The highest BCUT2D eigenvalue weighted by molar-refractivity contribution is 7.99. The zero-order valence-electron chi connectivity index (χ0n) is 16.1. The van der Waals surface area contributed by atoms with Crippen molar-refractivity contribution in [2.75, 3.05) is 10.6 Å². The molecule has 0 saturated carbocycles. The number of nitrogens with one attached hydrogen (secondary N) is 2. The smallest absolute Gasteiger partial charge is 0.406 e. The molecule has 1 aromatic heterocycles. The summed E-state index contributed by atoms with van der Waals surface area (Å²) in [7, 11) is 0. The van der Waals surface area contributed by atoms with Gasteiger partial charge >= 0.3 is 6.36 Å². The maximum atomic E-state index is 12.7. The highest BCUT2D eigenvalue weighted by atomic mass is 32.2. The number of benzene rings is 2. The Labute approximate surface area is 179 Å². The molecular weight excluding hydrogens is 431 g/mol. The van der Waals surface area contributed by atoms with Gasteiger partial charge in [0, 0.05) is 28.6 Å². The molecule has 0 aliphatic rings. The van der Waals surface area contributed by atoms with Gasteiger partial charge in [-0.3, -0.25) is 9.59 Å². The van der Waals surface area contributed by atoms with Crippen LogP contribution in [0.15, 0.2) is 76.7 Å². The molecule has 0 fully saturated rings. The van der Waals surface area contributed by atoms with Crippen LogP contribution in [0.25, 0.3) is 0 Å². The first-order valence-electron chi connectivity index (χ1n) is 8.87. The Hall–Kier alpha value is -3.53. The number of halogens is 3. The van der Waals surface area contributed by atoms with Gasteiger partial charge in [-0.25, -0.2) is 4.98 Å². The van der Waals surface area contributed by atoms with Crippen LogP contribution in [-0.2, 0) is 4.79 Å². The van der Waals surface area contributed by atoms with Gasteiger partial charge in [-0.15, -0.1) is 13.2 Å². The first-order valence-corrected chi connectivity index (χ1v) is 9.69. The molecule has 0 saturated heterocycles. The predicted molar refractivity (Wildman–Crippen MR) is 110 cm³/mol. The second-order valence-electron chi connectivity index (χ2n) is 6.18. The minimum Gasteiger partial charge on any atom is -0.406 e. The fourth-order valence-electron chi connectivity index (χ4n) is 2.50. The van der Waals surface area contributed by atoms with Crippen molar-refractivity contribution in [1.29, 1.82) is 0 Å². The van der Waals surface area contributed by atoms with Crippen molar-refractivity contribution in [3.05, 3.63) is 72.4 Å². The number of carbonyl (C=O) groups is 2. The van der Waals surface area contributed by atoms with Crippen molar-refractivity contribution in [2.45, 2.75) is 23.1 Å². The van der Waals surface area contributed by atoms with Crippen LogP contribution < -0.4 is 15.4 Å². The molecule has 0 atom stereocenters. The van der Waals surface area contributed by atoms with Gasteiger partial charge in [0.1, 0.15) is 11.6 Å². The van der Waals surface area contributed by atoms with Crippen molar-refractivity contribution in [1.82, 2.24) is 4.98 Å². The third-order valence-electron chi connectivity index (χ3n) is 3.75. The van der Waals surface area contributed by atoms with Gasteiger partial charge < -0.3 is 15.4 Å². The largest absolute Gasteiger partial charge is 0.573 e. The zero-order chi connectivity index (χ0) is 22.4. The molecule has 0 radical (unpaired) electrons. The number of nitrogens with zero attached hydrogens (tertiary/aromatic N) is 1. The average Bonchev–Trinajstić information content (AvgIpc) is 2.70. The van der Waals surface area contributed by atoms with Crippen LogP contribution >= 0.6 is 11.8 Å². The van der Waals surface area contributed by atoms with Crippen LogP contribution in [0.1, 0.15) is 17.3 Å². The lowest BCUT2D eigenvalue weighted by Crippen LogP contribution is -2.17. The van der Waals surface area contributed by atoms with Crippen LogP contribution in [0, 0.1) is 0 Å². The molecule has 2 amide bonds. The molecule has 3 rings (SSSR count). The second-order valence-corrected chi connectivity index (χ2v) is 7.30. The summed E-state index contributed by atoms with van der Waals surface area (Å²) in [6.07, 6.45) is -3.21. The first kappa shape index (κ1) is 22.2. The lowest BCUT2D eigenvalue weighted by molar-refractivity contribution is -0.274. The topological polar surface area (TPSA) is 80.3 Å². The Morgan fingerprint density at radius 1 is 0.968 bits per heavy atom. The van der Waals surface area contributed by atoms with Crippen LogP contribution in [-0.4, -0.2) is 23.2 Å². The number of aromatic nitrogens is 1. The van der Waals surface area contributed by atoms with E-state index in [0.717, 1.165) is 17.0 Å². The van der Waals surface area contributed by atoms with E-state index in [1.54, 1.807) is 42.6 Å². The molecule has 31 heavy (non-hydrogen) atoms. The number of carbonyl (C=O) groups excluding carboxylic acids is 2. The van der Waals surface area contributed by atoms with E-state index >= 15 is 0 Å². The summed E-state index contributed by atoms with van der Waals surface area (Å²) >= 11 is 1.31. The third kappa shape index (κ3) is 6.75. The van der Waals surface area contributed by atoms with Crippen molar-refractivity contribution < 1.29 is 27.5 Å². The summed E-state index contributed by atoms with van der Waals surface area (Å²) < 4.78 is 40.6. The van der Waals surface area contributed by atoms with Crippen molar-refractivity contribution >= 4 is 35.1 Å². The molecule has 10 heteroatoms. The summed E-state index contributed by atoms with van der Waals surface area (Å²) in [5, 5.41) is 5.23. The number of amides is 2. The van der Waals surface area contributed by atoms with Gasteiger partial charge in [0.25, 0.3) is 5.91 Å². The minimum absolute atomic E-state index is 0.229. The van der Waals surface area contributed by atoms with E-state index in [1.807, 2.05) is 0 Å². The van der Waals surface area contributed by atoms with Gasteiger partial charge in [-0.2, -0.15) is 0 Å². The predicted octanol–water partition coefficient (Wildman–Crippen LogP) is 5.34. The first-order chi connectivity index (χ1) is 14.7. The molecule has 6 nitrogen and oxygen atoms in total. The number of ether oxygens (including phenoxy) is 1. The van der Waals surface area contributed by atoms with Crippen LogP contribution in [0.5, 0.6) is 5.75 Å². The molecule has 2 aromatic carbocycles. The third-order valence-corrected chi connectivity index (χ3v) is 4.80. The average molecular weight is 447 g/mol.